The van der Waals surface area contributed by atoms with Crippen LogP contribution in [0.25, 0.3) is 21.8 Å². The number of aromatic nitrogens is 6. The Labute approximate surface area is 230 Å². The zero-order valence-electron chi connectivity index (χ0n) is 22.7. The van der Waals surface area contributed by atoms with Gasteiger partial charge in [0.2, 0.25) is 0 Å². The molecule has 1 saturated heterocycles. The lowest BCUT2D eigenvalue weighted by Gasteiger charge is -2.38. The number of nitrogens with one attached hydrogen (secondary N) is 2. The van der Waals surface area contributed by atoms with Crippen LogP contribution < -0.4 is 20.3 Å². The molecular weight excluding hydrogens is 513 g/mol. The van der Waals surface area contributed by atoms with Gasteiger partial charge in [-0.15, -0.1) is 0 Å². The molecule has 40 heavy (non-hydrogen) atoms. The van der Waals surface area contributed by atoms with Gasteiger partial charge in [-0.2, -0.15) is 10.1 Å². The first-order chi connectivity index (χ1) is 19.2. The molecule has 2 N–H and O–H groups in total. The Morgan fingerprint density at radius 3 is 2.70 bits per heavy atom. The van der Waals surface area contributed by atoms with E-state index in [0.29, 0.717) is 34.2 Å². The van der Waals surface area contributed by atoms with Crippen LogP contribution >= 0.6 is 0 Å². The number of imidazole rings is 1. The molecule has 1 aliphatic rings. The molecule has 5 aromatic rings. The number of benzene rings is 2. The van der Waals surface area contributed by atoms with Gasteiger partial charge < -0.3 is 24.8 Å². The van der Waals surface area contributed by atoms with Crippen LogP contribution in [-0.4, -0.2) is 60.4 Å². The first-order valence-electron chi connectivity index (χ1n) is 13.1. The van der Waals surface area contributed by atoms with Crippen molar-refractivity contribution in [3.8, 4) is 6.01 Å². The van der Waals surface area contributed by atoms with Gasteiger partial charge >= 0.3 is 6.01 Å². The van der Waals surface area contributed by atoms with E-state index in [4.69, 9.17) is 4.74 Å². The average molecular weight is 544 g/mol. The van der Waals surface area contributed by atoms with Crippen molar-refractivity contribution < 1.29 is 13.9 Å². The van der Waals surface area contributed by atoms with Crippen molar-refractivity contribution in [2.45, 2.75) is 32.5 Å². The summed E-state index contributed by atoms with van der Waals surface area (Å²) < 4.78 is 24.0. The molecular formula is C28H30FN9O2. The molecule has 1 aliphatic heterocycles. The predicted octanol–water partition coefficient (Wildman–Crippen LogP) is 3.41. The lowest BCUT2D eigenvalue weighted by molar-refractivity contribution is 0.102. The number of carbonyl (C=O) groups excluding carboxylic acids is 1. The molecule has 1 amide bonds. The fourth-order valence-electron chi connectivity index (χ4n) is 5.29. The van der Waals surface area contributed by atoms with E-state index in [2.05, 4.69) is 49.4 Å². The molecule has 206 valence electrons. The van der Waals surface area contributed by atoms with E-state index in [1.165, 1.54) is 10.7 Å². The number of piperazine rings is 1. The van der Waals surface area contributed by atoms with Crippen molar-refractivity contribution >= 4 is 39.1 Å². The monoisotopic (exact) mass is 543 g/mol. The highest BCUT2D eigenvalue weighted by Gasteiger charge is 2.25. The van der Waals surface area contributed by atoms with E-state index in [-0.39, 0.29) is 18.1 Å². The summed E-state index contributed by atoms with van der Waals surface area (Å²) in [5.41, 5.74) is 3.14. The third-order valence-corrected chi connectivity index (χ3v) is 7.05. The number of aryl methyl sites for hydroxylation is 2. The Hall–Kier alpha value is -4.58. The minimum Gasteiger partial charge on any atom is -0.457 e. The summed E-state index contributed by atoms with van der Waals surface area (Å²) >= 11 is 0. The molecule has 3 aromatic heterocycles. The Morgan fingerprint density at radius 1 is 1.15 bits per heavy atom. The van der Waals surface area contributed by atoms with Gasteiger partial charge in [-0.25, -0.2) is 14.4 Å². The number of nitrogens with zero attached hydrogens (tertiary/aromatic N) is 7. The summed E-state index contributed by atoms with van der Waals surface area (Å²) in [6.07, 6.45) is 6.80. The zero-order chi connectivity index (χ0) is 28.0. The second-order valence-electron chi connectivity index (χ2n) is 10.4. The van der Waals surface area contributed by atoms with E-state index < -0.39 is 11.7 Å². The summed E-state index contributed by atoms with van der Waals surface area (Å²) in [4.78, 5) is 29.1. The number of amides is 1. The standard InChI is InChI=1S/C28H30FN9O2/c1-16-11-38(12-17(2)32-16)24-6-5-21(27(39)33-19-7-18-13-37(4)35-25(18)23(29)8-19)26-22(24)10-31-28(34-26)40-14-20-9-30-15-36(20)3/h5-10,13,15-17,32H,11-12,14H2,1-4H3,(H,33,39)/t16-,17-/m0/s1. The number of hydrogen-bond acceptors (Lipinski definition) is 8. The van der Waals surface area contributed by atoms with Gasteiger partial charge in [-0.05, 0) is 38.1 Å². The lowest BCUT2D eigenvalue weighted by atomic mass is 10.0. The van der Waals surface area contributed by atoms with Gasteiger partial charge in [0, 0.05) is 73.8 Å². The van der Waals surface area contributed by atoms with E-state index in [0.717, 1.165) is 29.9 Å². The molecule has 0 spiro atoms. The normalized spacial score (nSPS) is 17.5. The van der Waals surface area contributed by atoms with Crippen molar-refractivity contribution in [1.82, 2.24) is 34.6 Å². The molecule has 0 bridgehead atoms. The summed E-state index contributed by atoms with van der Waals surface area (Å²) in [5, 5.41) is 11.8. The molecule has 11 nitrogen and oxygen atoms in total. The van der Waals surface area contributed by atoms with E-state index >= 15 is 0 Å². The second kappa shape index (κ2) is 10.2. The molecule has 12 heteroatoms. The molecule has 2 aromatic carbocycles. The number of halogens is 1. The highest BCUT2D eigenvalue weighted by molar-refractivity contribution is 6.14. The number of hydrogen-bond donors (Lipinski definition) is 2. The second-order valence-corrected chi connectivity index (χ2v) is 10.4. The van der Waals surface area contributed by atoms with Gasteiger partial charge in [0.15, 0.2) is 5.82 Å². The maximum absolute atomic E-state index is 14.7. The van der Waals surface area contributed by atoms with Crippen molar-refractivity contribution in [3.63, 3.8) is 0 Å². The van der Waals surface area contributed by atoms with Crippen LogP contribution in [0.1, 0.15) is 29.9 Å². The van der Waals surface area contributed by atoms with Gasteiger partial charge in [0.25, 0.3) is 5.91 Å². The molecule has 0 saturated carbocycles. The van der Waals surface area contributed by atoms with Gasteiger partial charge in [-0.1, -0.05) is 0 Å². The fourth-order valence-corrected chi connectivity index (χ4v) is 5.29. The summed E-state index contributed by atoms with van der Waals surface area (Å²) in [6.45, 7) is 6.11. The largest absolute Gasteiger partial charge is 0.457 e. The van der Waals surface area contributed by atoms with Crippen molar-refractivity contribution in [2.75, 3.05) is 23.3 Å². The SMILES string of the molecule is C[C@H]1CN(c2ccc(C(=O)Nc3cc(F)c4nn(C)cc4c3)c3nc(OCc4cncn4C)ncc23)C[C@H](C)N1. The summed E-state index contributed by atoms with van der Waals surface area (Å²) in [5.74, 6) is -0.929. The summed E-state index contributed by atoms with van der Waals surface area (Å²) in [6, 6.07) is 7.37. The summed E-state index contributed by atoms with van der Waals surface area (Å²) in [7, 11) is 3.60. The number of anilines is 2. The zero-order valence-corrected chi connectivity index (χ0v) is 22.7. The molecule has 0 unspecified atom stereocenters. The number of fused-ring (bicyclic) bond motifs is 2. The Balaban J connectivity index is 1.38. The quantitative estimate of drug-likeness (QED) is 0.335. The Kier molecular flexibility index (Phi) is 6.54. The first kappa shape index (κ1) is 25.7. The van der Waals surface area contributed by atoms with Gasteiger partial charge in [-0.3, -0.25) is 9.48 Å². The van der Waals surface area contributed by atoms with Crippen LogP contribution in [0.4, 0.5) is 15.8 Å². The van der Waals surface area contributed by atoms with E-state index in [9.17, 15) is 9.18 Å². The van der Waals surface area contributed by atoms with E-state index in [1.54, 1.807) is 44.1 Å². The topological polar surface area (TPSA) is 115 Å². The van der Waals surface area contributed by atoms with Crippen molar-refractivity contribution in [2.24, 2.45) is 14.1 Å². The number of carbonyl (C=O) groups is 1. The lowest BCUT2D eigenvalue weighted by Crippen LogP contribution is -2.54. The first-order valence-corrected chi connectivity index (χ1v) is 13.1. The van der Waals surface area contributed by atoms with E-state index in [1.807, 2.05) is 17.7 Å². The van der Waals surface area contributed by atoms with Crippen molar-refractivity contribution in [3.05, 3.63) is 66.3 Å². The number of ether oxygens (including phenoxy) is 1. The highest BCUT2D eigenvalue weighted by atomic mass is 19.1. The smallest absolute Gasteiger partial charge is 0.317 e. The van der Waals surface area contributed by atoms with Crippen LogP contribution in [0, 0.1) is 5.82 Å². The molecule has 0 radical (unpaired) electrons. The minimum absolute atomic E-state index is 0.143. The van der Waals surface area contributed by atoms with Crippen LogP contribution in [-0.2, 0) is 20.7 Å². The molecule has 2 atom stereocenters. The predicted molar refractivity (Wildman–Crippen MR) is 150 cm³/mol. The average Bonchev–Trinajstić information content (AvgIpc) is 3.50. The third kappa shape index (κ3) is 4.93. The van der Waals surface area contributed by atoms with Crippen LogP contribution in [0.15, 0.2) is 49.2 Å². The third-order valence-electron chi connectivity index (χ3n) is 7.05. The highest BCUT2D eigenvalue weighted by Crippen LogP contribution is 2.31. The van der Waals surface area contributed by atoms with Crippen LogP contribution in [0.5, 0.6) is 6.01 Å². The maximum atomic E-state index is 14.7. The Morgan fingerprint density at radius 2 is 1.95 bits per heavy atom. The number of rotatable bonds is 6. The van der Waals surface area contributed by atoms with Crippen molar-refractivity contribution in [1.29, 1.82) is 0 Å². The fraction of sp³-hybridized carbons (Fsp3) is 0.321. The van der Waals surface area contributed by atoms with Crippen LogP contribution in [0.2, 0.25) is 0 Å². The molecule has 1 fully saturated rings. The molecule has 6 rings (SSSR count). The van der Waals surface area contributed by atoms with Gasteiger partial charge in [0.1, 0.15) is 12.1 Å². The Bertz CT molecular complexity index is 1720. The molecule has 0 aliphatic carbocycles. The van der Waals surface area contributed by atoms with Crippen LogP contribution in [0.3, 0.4) is 0 Å². The maximum Gasteiger partial charge on any atom is 0.317 e. The molecule has 4 heterocycles. The minimum atomic E-state index is -0.510. The van der Waals surface area contributed by atoms with Gasteiger partial charge in [0.05, 0.1) is 29.3 Å².